The summed E-state index contributed by atoms with van der Waals surface area (Å²) >= 11 is 0. The molecule has 232 valence electrons. The molecule has 0 unspecified atom stereocenters. The van der Waals surface area contributed by atoms with E-state index < -0.39 is 0 Å². The molecule has 10 aromatic rings. The number of hydrogen-bond donors (Lipinski definition) is 0. The van der Waals surface area contributed by atoms with E-state index in [0.29, 0.717) is 0 Å². The van der Waals surface area contributed by atoms with Crippen molar-refractivity contribution in [2.24, 2.45) is 0 Å². The molecule has 0 fully saturated rings. The molecule has 0 saturated carbocycles. The number of benzene rings is 10. The molecule has 0 N–H and O–H groups in total. The fourth-order valence-corrected chi connectivity index (χ4v) is 8.11. The fraction of sp³-hybridized carbons (Fsp3) is 0. The third kappa shape index (κ3) is 4.61. The van der Waals surface area contributed by atoms with Crippen LogP contribution < -0.4 is 0 Å². The second-order valence-corrected chi connectivity index (χ2v) is 13.3. The molecule has 10 rings (SSSR count). The minimum Gasteiger partial charge on any atom is -0.0616 e. The van der Waals surface area contributed by atoms with Crippen molar-refractivity contribution in [2.45, 2.75) is 0 Å². The highest BCUT2D eigenvalue weighted by molar-refractivity contribution is 6.22. The molecule has 0 spiro atoms. The van der Waals surface area contributed by atoms with E-state index in [9.17, 15) is 0 Å². The molecule has 0 nitrogen and oxygen atoms in total. The van der Waals surface area contributed by atoms with Gasteiger partial charge >= 0.3 is 0 Å². The van der Waals surface area contributed by atoms with Crippen LogP contribution >= 0.6 is 0 Å². The van der Waals surface area contributed by atoms with E-state index in [1.165, 1.54) is 98.4 Å². The lowest BCUT2D eigenvalue weighted by Crippen LogP contribution is -1.91. The Balaban J connectivity index is 1.14. The van der Waals surface area contributed by atoms with Gasteiger partial charge in [0.15, 0.2) is 0 Å². The Labute approximate surface area is 291 Å². The topological polar surface area (TPSA) is 0 Å². The average Bonchev–Trinajstić information content (AvgIpc) is 3.19. The summed E-state index contributed by atoms with van der Waals surface area (Å²) in [5, 5.41) is 12.7. The zero-order valence-corrected chi connectivity index (χ0v) is 27.5. The highest BCUT2D eigenvalue weighted by atomic mass is 14.2. The largest absolute Gasteiger partial charge is 0.0616 e. The van der Waals surface area contributed by atoms with Gasteiger partial charge in [-0.2, -0.15) is 0 Å². The molecule has 0 aromatic heterocycles. The molecule has 50 heavy (non-hydrogen) atoms. The molecule has 0 aliphatic heterocycles. The summed E-state index contributed by atoms with van der Waals surface area (Å²) in [5.74, 6) is 0. The van der Waals surface area contributed by atoms with Gasteiger partial charge in [0, 0.05) is 0 Å². The zero-order chi connectivity index (χ0) is 33.0. The van der Waals surface area contributed by atoms with E-state index in [2.05, 4.69) is 194 Å². The van der Waals surface area contributed by atoms with Crippen molar-refractivity contribution in [3.63, 3.8) is 0 Å². The minimum absolute atomic E-state index is 1.21. The Bertz CT molecular complexity index is 2870. The molecule has 0 radical (unpaired) electrons. The van der Waals surface area contributed by atoms with Crippen molar-refractivity contribution in [1.29, 1.82) is 0 Å². The predicted molar refractivity (Wildman–Crippen MR) is 216 cm³/mol. The van der Waals surface area contributed by atoms with Crippen LogP contribution in [0.3, 0.4) is 0 Å². The number of rotatable bonds is 4. The second-order valence-electron chi connectivity index (χ2n) is 13.3. The summed E-state index contributed by atoms with van der Waals surface area (Å²) < 4.78 is 0. The lowest BCUT2D eigenvalue weighted by Gasteiger charge is -2.18. The first-order chi connectivity index (χ1) is 24.8. The van der Waals surface area contributed by atoms with Gasteiger partial charge < -0.3 is 0 Å². The van der Waals surface area contributed by atoms with E-state index in [1.807, 2.05) is 0 Å². The molecule has 0 amide bonds. The highest BCUT2D eigenvalue weighted by Gasteiger charge is 2.17. The van der Waals surface area contributed by atoms with E-state index in [4.69, 9.17) is 0 Å². The molecule has 0 bridgehead atoms. The normalized spacial score (nSPS) is 11.6. The van der Waals surface area contributed by atoms with Crippen LogP contribution in [0.4, 0.5) is 0 Å². The monoisotopic (exact) mass is 632 g/mol. The highest BCUT2D eigenvalue weighted by Crippen LogP contribution is 2.45. The van der Waals surface area contributed by atoms with Crippen LogP contribution in [-0.4, -0.2) is 0 Å². The summed E-state index contributed by atoms with van der Waals surface area (Å²) in [7, 11) is 0. The maximum atomic E-state index is 2.37. The van der Waals surface area contributed by atoms with Crippen molar-refractivity contribution in [3.05, 3.63) is 194 Å². The van der Waals surface area contributed by atoms with Crippen LogP contribution in [0.25, 0.3) is 98.4 Å². The second kappa shape index (κ2) is 11.6. The van der Waals surface area contributed by atoms with Crippen molar-refractivity contribution < 1.29 is 0 Å². The van der Waals surface area contributed by atoms with Gasteiger partial charge in [-0.25, -0.2) is 0 Å². The Kier molecular flexibility index (Phi) is 6.60. The minimum atomic E-state index is 1.21. The smallest absolute Gasteiger partial charge is 0.00262 e. The predicted octanol–water partition coefficient (Wildman–Crippen LogP) is 14.1. The zero-order valence-electron chi connectivity index (χ0n) is 27.5. The van der Waals surface area contributed by atoms with Crippen LogP contribution in [-0.2, 0) is 0 Å². The first-order valence-corrected chi connectivity index (χ1v) is 17.3. The fourth-order valence-electron chi connectivity index (χ4n) is 8.11. The van der Waals surface area contributed by atoms with Gasteiger partial charge in [-0.1, -0.05) is 176 Å². The lowest BCUT2D eigenvalue weighted by atomic mass is 9.85. The van der Waals surface area contributed by atoms with Crippen LogP contribution in [0, 0.1) is 0 Å². The van der Waals surface area contributed by atoms with Gasteiger partial charge in [0.05, 0.1) is 0 Å². The van der Waals surface area contributed by atoms with E-state index >= 15 is 0 Å². The van der Waals surface area contributed by atoms with Crippen LogP contribution in [0.1, 0.15) is 0 Å². The Hall–Kier alpha value is -6.50. The molecular weight excluding hydrogens is 601 g/mol. The standard InChI is InChI=1S/C50H32/c1-2-14-35-31-40(27-26-33(35)12-1)50-47-22-7-5-20-45(47)49(46-21-6-8-23-48(46)50)39-18-10-16-37(32-39)36-15-9-17-38(30-36)42-24-11-25-43-41-19-4-3-13-34(41)28-29-44(42)43/h1-32H. The Morgan fingerprint density at radius 3 is 1.34 bits per heavy atom. The van der Waals surface area contributed by atoms with Gasteiger partial charge in [0.2, 0.25) is 0 Å². The number of fused-ring (bicyclic) bond motifs is 6. The SMILES string of the molecule is c1cc(-c2cccc(-c3cccc4c3ccc3ccccc34)c2)cc(-c2c3ccccc3c(-c3ccc4ccccc4c3)c3ccccc23)c1. The van der Waals surface area contributed by atoms with Crippen LogP contribution in [0.5, 0.6) is 0 Å². The summed E-state index contributed by atoms with van der Waals surface area (Å²) in [6, 6.07) is 71.3. The third-order valence-electron chi connectivity index (χ3n) is 10.4. The van der Waals surface area contributed by atoms with E-state index in [-0.39, 0.29) is 0 Å². The molecule has 0 atom stereocenters. The van der Waals surface area contributed by atoms with Gasteiger partial charge in [0.1, 0.15) is 0 Å². The molecule has 0 aliphatic carbocycles. The van der Waals surface area contributed by atoms with Crippen molar-refractivity contribution in [2.75, 3.05) is 0 Å². The Morgan fingerprint density at radius 2 is 0.660 bits per heavy atom. The van der Waals surface area contributed by atoms with E-state index in [1.54, 1.807) is 0 Å². The van der Waals surface area contributed by atoms with Gasteiger partial charge in [-0.3, -0.25) is 0 Å². The van der Waals surface area contributed by atoms with Crippen LogP contribution in [0.2, 0.25) is 0 Å². The Morgan fingerprint density at radius 1 is 0.200 bits per heavy atom. The summed E-state index contributed by atoms with van der Waals surface area (Å²) in [4.78, 5) is 0. The van der Waals surface area contributed by atoms with Crippen molar-refractivity contribution in [1.82, 2.24) is 0 Å². The van der Waals surface area contributed by atoms with Crippen molar-refractivity contribution >= 4 is 53.9 Å². The van der Waals surface area contributed by atoms with Gasteiger partial charge in [-0.05, 0) is 117 Å². The lowest BCUT2D eigenvalue weighted by molar-refractivity contribution is 1.60. The molecule has 10 aromatic carbocycles. The summed E-state index contributed by atoms with van der Waals surface area (Å²) in [6.07, 6.45) is 0. The van der Waals surface area contributed by atoms with Gasteiger partial charge in [-0.15, -0.1) is 0 Å². The van der Waals surface area contributed by atoms with Crippen molar-refractivity contribution in [3.8, 4) is 44.5 Å². The average molecular weight is 633 g/mol. The maximum Gasteiger partial charge on any atom is -0.00262 e. The third-order valence-corrected chi connectivity index (χ3v) is 10.4. The van der Waals surface area contributed by atoms with Gasteiger partial charge in [0.25, 0.3) is 0 Å². The van der Waals surface area contributed by atoms with E-state index in [0.717, 1.165) is 0 Å². The summed E-state index contributed by atoms with van der Waals surface area (Å²) in [5.41, 5.74) is 9.94. The first kappa shape index (κ1) is 28.5. The molecular formula is C50H32. The first-order valence-electron chi connectivity index (χ1n) is 17.3. The quantitative estimate of drug-likeness (QED) is 0.134. The summed E-state index contributed by atoms with van der Waals surface area (Å²) in [6.45, 7) is 0. The molecule has 0 heterocycles. The molecule has 0 saturated heterocycles. The maximum absolute atomic E-state index is 2.37. The molecule has 0 heteroatoms. The van der Waals surface area contributed by atoms with Crippen LogP contribution in [0.15, 0.2) is 194 Å². The number of hydrogen-bond acceptors (Lipinski definition) is 0. The molecule has 0 aliphatic rings.